The van der Waals surface area contributed by atoms with E-state index in [-0.39, 0.29) is 23.7 Å². The normalized spacial score (nSPS) is 21.4. The van der Waals surface area contributed by atoms with Gasteiger partial charge < -0.3 is 14.5 Å². The number of hydrogen-bond donors (Lipinski definition) is 0. The van der Waals surface area contributed by atoms with E-state index in [1.165, 1.54) is 0 Å². The van der Waals surface area contributed by atoms with Crippen LogP contribution in [0.15, 0.2) is 48.5 Å². The van der Waals surface area contributed by atoms with Gasteiger partial charge in [0.25, 0.3) is 5.91 Å². The van der Waals surface area contributed by atoms with Crippen LogP contribution in [0.3, 0.4) is 0 Å². The Hall–Kier alpha value is -2.82. The molecule has 2 aliphatic rings. The summed E-state index contributed by atoms with van der Waals surface area (Å²) in [5, 5.41) is 0. The molecule has 2 amide bonds. The van der Waals surface area contributed by atoms with Gasteiger partial charge in [0, 0.05) is 37.7 Å². The molecule has 0 bridgehead atoms. The fourth-order valence-electron chi connectivity index (χ4n) is 4.56. The number of carbonyl (C=O) groups excluding carboxylic acids is 2. The lowest BCUT2D eigenvalue weighted by Gasteiger charge is -2.24. The van der Waals surface area contributed by atoms with Crippen molar-refractivity contribution in [2.75, 3.05) is 33.3 Å². The maximum absolute atomic E-state index is 13.3. The van der Waals surface area contributed by atoms with Gasteiger partial charge in [0.05, 0.1) is 13.0 Å². The number of methoxy groups -OCH3 is 1. The zero-order chi connectivity index (χ0) is 20.4. The predicted octanol–water partition coefficient (Wildman–Crippen LogP) is 3.48. The third-order valence-electron chi connectivity index (χ3n) is 6.26. The molecule has 2 atom stereocenters. The summed E-state index contributed by atoms with van der Waals surface area (Å²) in [5.74, 6) is 0.792. The van der Waals surface area contributed by atoms with Gasteiger partial charge in [-0.05, 0) is 49.1 Å². The van der Waals surface area contributed by atoms with Gasteiger partial charge in [-0.3, -0.25) is 9.59 Å². The first kappa shape index (κ1) is 19.5. The van der Waals surface area contributed by atoms with Crippen LogP contribution < -0.4 is 4.74 Å². The molecule has 5 nitrogen and oxygen atoms in total. The summed E-state index contributed by atoms with van der Waals surface area (Å²) in [6, 6.07) is 15.6. The van der Waals surface area contributed by atoms with Gasteiger partial charge >= 0.3 is 0 Å². The Morgan fingerprint density at radius 2 is 1.62 bits per heavy atom. The topological polar surface area (TPSA) is 49.9 Å². The minimum Gasteiger partial charge on any atom is -0.497 e. The zero-order valence-electron chi connectivity index (χ0n) is 17.1. The number of nitrogens with zero attached hydrogens (tertiary/aromatic N) is 2. The van der Waals surface area contributed by atoms with Crippen LogP contribution in [0.4, 0.5) is 0 Å². The summed E-state index contributed by atoms with van der Waals surface area (Å²) in [5.41, 5.74) is 2.77. The van der Waals surface area contributed by atoms with Crippen LogP contribution in [-0.4, -0.2) is 54.9 Å². The lowest BCUT2D eigenvalue weighted by Crippen LogP contribution is -2.37. The van der Waals surface area contributed by atoms with Gasteiger partial charge in [0.2, 0.25) is 5.91 Å². The third kappa shape index (κ3) is 3.86. The Morgan fingerprint density at radius 3 is 2.28 bits per heavy atom. The first-order valence-electron chi connectivity index (χ1n) is 10.4. The van der Waals surface area contributed by atoms with Crippen LogP contribution in [0, 0.1) is 12.8 Å². The summed E-state index contributed by atoms with van der Waals surface area (Å²) in [4.78, 5) is 30.3. The molecule has 2 heterocycles. The first-order valence-corrected chi connectivity index (χ1v) is 10.4. The summed E-state index contributed by atoms with van der Waals surface area (Å²) < 4.78 is 5.28. The Balaban J connectivity index is 1.62. The molecule has 0 radical (unpaired) electrons. The van der Waals surface area contributed by atoms with Crippen molar-refractivity contribution >= 4 is 11.8 Å². The molecule has 152 valence electrons. The van der Waals surface area contributed by atoms with Gasteiger partial charge in [-0.15, -0.1) is 0 Å². The standard InChI is InChI=1S/C24H28N2O3/c1-17-7-3-4-8-20(17)23(27)26-15-21(18-9-11-19(29-2)12-10-18)22(16-26)24(28)25-13-5-6-14-25/h3-4,7-12,21-22H,5-6,13-16H2,1-2H3. The number of benzene rings is 2. The highest BCUT2D eigenvalue weighted by molar-refractivity contribution is 5.96. The van der Waals surface area contributed by atoms with E-state index in [0.717, 1.165) is 48.4 Å². The number of ether oxygens (including phenoxy) is 1. The Bertz CT molecular complexity index is 887. The van der Waals surface area contributed by atoms with E-state index in [0.29, 0.717) is 13.1 Å². The number of amides is 2. The van der Waals surface area contributed by atoms with Gasteiger partial charge in [-0.1, -0.05) is 30.3 Å². The molecule has 2 aromatic carbocycles. The van der Waals surface area contributed by atoms with Crippen LogP contribution in [0.1, 0.15) is 40.2 Å². The monoisotopic (exact) mass is 392 g/mol. The van der Waals surface area contributed by atoms with E-state index in [1.54, 1.807) is 7.11 Å². The lowest BCUT2D eigenvalue weighted by atomic mass is 9.88. The fraction of sp³-hybridized carbons (Fsp3) is 0.417. The number of rotatable bonds is 4. The zero-order valence-corrected chi connectivity index (χ0v) is 17.1. The van der Waals surface area contributed by atoms with Crippen molar-refractivity contribution in [1.29, 1.82) is 0 Å². The van der Waals surface area contributed by atoms with Gasteiger partial charge in [-0.25, -0.2) is 0 Å². The Labute approximate surface area is 172 Å². The van der Waals surface area contributed by atoms with Crippen molar-refractivity contribution in [2.45, 2.75) is 25.7 Å². The molecule has 2 unspecified atom stereocenters. The van der Waals surface area contributed by atoms with Crippen LogP contribution in [0.2, 0.25) is 0 Å². The maximum atomic E-state index is 13.3. The molecule has 0 spiro atoms. The Morgan fingerprint density at radius 1 is 0.931 bits per heavy atom. The van der Waals surface area contributed by atoms with Crippen molar-refractivity contribution in [3.63, 3.8) is 0 Å². The van der Waals surface area contributed by atoms with E-state index in [9.17, 15) is 9.59 Å². The van der Waals surface area contributed by atoms with Crippen molar-refractivity contribution in [2.24, 2.45) is 5.92 Å². The van der Waals surface area contributed by atoms with Crippen molar-refractivity contribution in [3.8, 4) is 5.75 Å². The van der Waals surface area contributed by atoms with Crippen LogP contribution in [-0.2, 0) is 4.79 Å². The molecule has 29 heavy (non-hydrogen) atoms. The molecule has 0 saturated carbocycles. The van der Waals surface area contributed by atoms with Crippen LogP contribution >= 0.6 is 0 Å². The summed E-state index contributed by atoms with van der Waals surface area (Å²) in [7, 11) is 1.65. The quantitative estimate of drug-likeness (QED) is 0.800. The molecule has 4 rings (SSSR count). The molecule has 2 saturated heterocycles. The lowest BCUT2D eigenvalue weighted by molar-refractivity contribution is -0.134. The fourth-order valence-corrected chi connectivity index (χ4v) is 4.56. The van der Waals surface area contributed by atoms with E-state index in [1.807, 2.05) is 65.3 Å². The maximum Gasteiger partial charge on any atom is 0.254 e. The predicted molar refractivity (Wildman–Crippen MR) is 112 cm³/mol. The molecule has 0 N–H and O–H groups in total. The van der Waals surface area contributed by atoms with Crippen molar-refractivity contribution in [3.05, 3.63) is 65.2 Å². The smallest absolute Gasteiger partial charge is 0.254 e. The second-order valence-corrected chi connectivity index (χ2v) is 8.04. The SMILES string of the molecule is COc1ccc(C2CN(C(=O)c3ccccc3C)CC2C(=O)N2CCCC2)cc1. The summed E-state index contributed by atoms with van der Waals surface area (Å²) >= 11 is 0. The van der Waals surface area contributed by atoms with Crippen LogP contribution in [0.5, 0.6) is 5.75 Å². The van der Waals surface area contributed by atoms with Gasteiger partial charge in [-0.2, -0.15) is 0 Å². The van der Waals surface area contributed by atoms with Gasteiger partial charge in [0.15, 0.2) is 0 Å². The molecule has 5 heteroatoms. The average Bonchev–Trinajstić information content (AvgIpc) is 3.44. The molecular weight excluding hydrogens is 364 g/mol. The van der Waals surface area contributed by atoms with Crippen LogP contribution in [0.25, 0.3) is 0 Å². The average molecular weight is 392 g/mol. The summed E-state index contributed by atoms with van der Waals surface area (Å²) in [6.07, 6.45) is 2.13. The van der Waals surface area contributed by atoms with Crippen molar-refractivity contribution in [1.82, 2.24) is 9.80 Å². The van der Waals surface area contributed by atoms with E-state index >= 15 is 0 Å². The molecule has 0 aromatic heterocycles. The minimum absolute atomic E-state index is 0.00183. The third-order valence-corrected chi connectivity index (χ3v) is 6.26. The Kier molecular flexibility index (Phi) is 5.56. The van der Waals surface area contributed by atoms with E-state index < -0.39 is 0 Å². The molecule has 2 aliphatic heterocycles. The molecule has 2 aromatic rings. The molecule has 0 aliphatic carbocycles. The highest BCUT2D eigenvalue weighted by Gasteiger charge is 2.42. The largest absolute Gasteiger partial charge is 0.497 e. The highest BCUT2D eigenvalue weighted by atomic mass is 16.5. The number of aryl methyl sites for hydroxylation is 1. The number of carbonyl (C=O) groups is 2. The van der Waals surface area contributed by atoms with Crippen molar-refractivity contribution < 1.29 is 14.3 Å². The second kappa shape index (κ2) is 8.27. The van der Waals surface area contributed by atoms with E-state index in [4.69, 9.17) is 4.74 Å². The minimum atomic E-state index is -0.200. The number of hydrogen-bond acceptors (Lipinski definition) is 3. The molecular formula is C24H28N2O3. The first-order chi connectivity index (χ1) is 14.1. The summed E-state index contributed by atoms with van der Waals surface area (Å²) in [6.45, 7) is 4.65. The van der Waals surface area contributed by atoms with Gasteiger partial charge in [0.1, 0.15) is 5.75 Å². The highest BCUT2D eigenvalue weighted by Crippen LogP contribution is 2.36. The number of likely N-dealkylation sites (tertiary alicyclic amines) is 2. The second-order valence-electron chi connectivity index (χ2n) is 8.04. The molecule has 2 fully saturated rings. The van der Waals surface area contributed by atoms with E-state index in [2.05, 4.69) is 0 Å².